The Morgan fingerprint density at radius 2 is 1.94 bits per heavy atom. The van der Waals surface area contributed by atoms with Crippen molar-refractivity contribution in [3.05, 3.63) is 0 Å². The van der Waals surface area contributed by atoms with E-state index in [0.717, 1.165) is 18.0 Å². The molecule has 2 aliphatic rings. The molecule has 2 heterocycles. The van der Waals surface area contributed by atoms with Gasteiger partial charge in [0.2, 0.25) is 0 Å². The van der Waals surface area contributed by atoms with Crippen LogP contribution in [0.4, 0.5) is 0 Å². The van der Waals surface area contributed by atoms with E-state index in [1.165, 1.54) is 64.3 Å². The third-order valence-corrected chi connectivity index (χ3v) is 4.75. The van der Waals surface area contributed by atoms with Crippen LogP contribution >= 0.6 is 0 Å². The van der Waals surface area contributed by atoms with Crippen LogP contribution in [0.3, 0.4) is 0 Å². The van der Waals surface area contributed by atoms with E-state index in [4.69, 9.17) is 0 Å². The van der Waals surface area contributed by atoms with Crippen molar-refractivity contribution in [2.24, 2.45) is 5.92 Å². The molecule has 1 heteroatoms. The second kappa shape index (κ2) is 6.05. The van der Waals surface area contributed by atoms with Crippen LogP contribution < -0.4 is 0 Å². The molecule has 0 N–H and O–H groups in total. The van der Waals surface area contributed by atoms with Gasteiger partial charge in [-0.15, -0.1) is 0 Å². The average Bonchev–Trinajstić information content (AvgIpc) is 2.84. The van der Waals surface area contributed by atoms with Crippen molar-refractivity contribution in [1.29, 1.82) is 0 Å². The van der Waals surface area contributed by atoms with E-state index < -0.39 is 0 Å². The highest BCUT2D eigenvalue weighted by Gasteiger charge is 2.40. The third kappa shape index (κ3) is 2.80. The smallest absolute Gasteiger partial charge is 0.0125 e. The number of fused-ring (bicyclic) bond motifs is 1. The predicted molar refractivity (Wildman–Crippen MR) is 70.7 cm³/mol. The van der Waals surface area contributed by atoms with Gasteiger partial charge in [-0.2, -0.15) is 0 Å². The number of hydrogen-bond donors (Lipinski definition) is 0. The first-order chi connectivity index (χ1) is 7.83. The first-order valence-electron chi connectivity index (χ1n) is 7.58. The molecule has 0 radical (unpaired) electrons. The molecule has 94 valence electrons. The summed E-state index contributed by atoms with van der Waals surface area (Å²) in [6.07, 6.45) is 13.1. The van der Waals surface area contributed by atoms with Gasteiger partial charge in [0.25, 0.3) is 0 Å². The van der Waals surface area contributed by atoms with Gasteiger partial charge in [-0.1, -0.05) is 46.0 Å². The van der Waals surface area contributed by atoms with E-state index >= 15 is 0 Å². The number of hydrogen-bond acceptors (Lipinski definition) is 1. The minimum Gasteiger partial charge on any atom is -0.297 e. The minimum absolute atomic E-state index is 0.948. The standard InChI is InChI=1S/C15H29N/c1-3-4-5-6-7-9-14-12-13(2)15-10-8-11-16(14)15/h13-15H,3-12H2,1-2H3. The highest BCUT2D eigenvalue weighted by atomic mass is 15.2. The van der Waals surface area contributed by atoms with Crippen molar-refractivity contribution >= 4 is 0 Å². The molecule has 0 aromatic heterocycles. The predicted octanol–water partition coefficient (Wildman–Crippen LogP) is 4.22. The summed E-state index contributed by atoms with van der Waals surface area (Å²) in [5.74, 6) is 0.975. The van der Waals surface area contributed by atoms with Crippen molar-refractivity contribution in [3.8, 4) is 0 Å². The van der Waals surface area contributed by atoms with Crippen molar-refractivity contribution in [1.82, 2.24) is 4.90 Å². The Kier molecular flexibility index (Phi) is 4.69. The van der Waals surface area contributed by atoms with Crippen LogP contribution in [0.5, 0.6) is 0 Å². The van der Waals surface area contributed by atoms with E-state index in [-0.39, 0.29) is 0 Å². The van der Waals surface area contributed by atoms with E-state index in [2.05, 4.69) is 18.7 Å². The summed E-state index contributed by atoms with van der Waals surface area (Å²) in [6, 6.07) is 1.91. The zero-order valence-corrected chi connectivity index (χ0v) is 11.3. The lowest BCUT2D eigenvalue weighted by atomic mass is 9.97. The van der Waals surface area contributed by atoms with Crippen molar-refractivity contribution < 1.29 is 0 Å². The molecule has 0 aromatic carbocycles. The molecule has 16 heavy (non-hydrogen) atoms. The molecular formula is C15H29N. The van der Waals surface area contributed by atoms with Crippen LogP contribution in [-0.4, -0.2) is 23.5 Å². The summed E-state index contributed by atoms with van der Waals surface area (Å²) in [5.41, 5.74) is 0. The Balaban J connectivity index is 1.66. The first kappa shape index (κ1) is 12.4. The molecule has 1 nitrogen and oxygen atoms in total. The molecule has 3 atom stereocenters. The van der Waals surface area contributed by atoms with Crippen molar-refractivity contribution in [2.45, 2.75) is 83.7 Å². The number of rotatable bonds is 6. The maximum absolute atomic E-state index is 2.84. The maximum atomic E-state index is 2.84. The lowest BCUT2D eigenvalue weighted by Gasteiger charge is -2.23. The molecule has 0 bridgehead atoms. The van der Waals surface area contributed by atoms with Gasteiger partial charge in [-0.3, -0.25) is 4.90 Å². The Morgan fingerprint density at radius 1 is 1.12 bits per heavy atom. The molecule has 0 aliphatic carbocycles. The summed E-state index contributed by atoms with van der Waals surface area (Å²) in [5, 5.41) is 0. The maximum Gasteiger partial charge on any atom is 0.0125 e. The van der Waals surface area contributed by atoms with Gasteiger partial charge in [-0.25, -0.2) is 0 Å². The zero-order chi connectivity index (χ0) is 11.4. The molecule has 2 saturated heterocycles. The van der Waals surface area contributed by atoms with Gasteiger partial charge in [-0.05, 0) is 38.1 Å². The fourth-order valence-corrected chi connectivity index (χ4v) is 3.87. The van der Waals surface area contributed by atoms with Crippen molar-refractivity contribution in [3.63, 3.8) is 0 Å². The molecule has 0 amide bonds. The molecule has 0 saturated carbocycles. The summed E-state index contributed by atoms with van der Waals surface area (Å²) >= 11 is 0. The molecule has 2 fully saturated rings. The van der Waals surface area contributed by atoms with Gasteiger partial charge >= 0.3 is 0 Å². The fraction of sp³-hybridized carbons (Fsp3) is 1.00. The summed E-state index contributed by atoms with van der Waals surface area (Å²) < 4.78 is 0. The molecule has 3 unspecified atom stereocenters. The molecule has 2 rings (SSSR count). The highest BCUT2D eigenvalue weighted by Crippen LogP contribution is 2.38. The van der Waals surface area contributed by atoms with E-state index in [1.54, 1.807) is 0 Å². The normalized spacial score (nSPS) is 34.5. The monoisotopic (exact) mass is 223 g/mol. The van der Waals surface area contributed by atoms with E-state index in [0.29, 0.717) is 0 Å². The molecular weight excluding hydrogens is 194 g/mol. The third-order valence-electron chi connectivity index (χ3n) is 4.75. The Morgan fingerprint density at radius 3 is 2.75 bits per heavy atom. The average molecular weight is 223 g/mol. The van der Waals surface area contributed by atoms with Gasteiger partial charge in [0.1, 0.15) is 0 Å². The lowest BCUT2D eigenvalue weighted by Crippen LogP contribution is -2.31. The quantitative estimate of drug-likeness (QED) is 0.609. The van der Waals surface area contributed by atoms with Crippen LogP contribution in [0.2, 0.25) is 0 Å². The molecule has 2 aliphatic heterocycles. The van der Waals surface area contributed by atoms with E-state index in [1.807, 2.05) is 0 Å². The van der Waals surface area contributed by atoms with Gasteiger partial charge in [0.15, 0.2) is 0 Å². The highest BCUT2D eigenvalue weighted by molar-refractivity contribution is 4.95. The van der Waals surface area contributed by atoms with Crippen LogP contribution in [0, 0.1) is 5.92 Å². The zero-order valence-electron chi connectivity index (χ0n) is 11.3. The van der Waals surface area contributed by atoms with Crippen LogP contribution in [-0.2, 0) is 0 Å². The number of unbranched alkanes of at least 4 members (excludes halogenated alkanes) is 4. The second-order valence-corrected chi connectivity index (χ2v) is 6.02. The summed E-state index contributed by atoms with van der Waals surface area (Å²) in [4.78, 5) is 2.84. The Labute approximate surface area is 102 Å². The van der Waals surface area contributed by atoms with Crippen LogP contribution in [0.25, 0.3) is 0 Å². The van der Waals surface area contributed by atoms with Crippen molar-refractivity contribution in [2.75, 3.05) is 6.54 Å². The topological polar surface area (TPSA) is 3.24 Å². The Bertz CT molecular complexity index is 202. The van der Waals surface area contributed by atoms with Crippen LogP contribution in [0.1, 0.15) is 71.6 Å². The fourth-order valence-electron chi connectivity index (χ4n) is 3.87. The largest absolute Gasteiger partial charge is 0.297 e. The van der Waals surface area contributed by atoms with Gasteiger partial charge in [0.05, 0.1) is 0 Å². The number of nitrogens with zero attached hydrogens (tertiary/aromatic N) is 1. The summed E-state index contributed by atoms with van der Waals surface area (Å²) in [7, 11) is 0. The van der Waals surface area contributed by atoms with Gasteiger partial charge < -0.3 is 0 Å². The minimum atomic E-state index is 0.948. The van der Waals surface area contributed by atoms with Gasteiger partial charge in [0, 0.05) is 12.1 Å². The molecule has 0 spiro atoms. The van der Waals surface area contributed by atoms with E-state index in [9.17, 15) is 0 Å². The SMILES string of the molecule is CCCCCCCC1CC(C)C2CCCN12. The Hall–Kier alpha value is -0.0400. The second-order valence-electron chi connectivity index (χ2n) is 6.02. The summed E-state index contributed by atoms with van der Waals surface area (Å²) in [6.45, 7) is 6.17. The van der Waals surface area contributed by atoms with Crippen LogP contribution in [0.15, 0.2) is 0 Å². The first-order valence-corrected chi connectivity index (χ1v) is 7.58. The lowest BCUT2D eigenvalue weighted by molar-refractivity contribution is 0.224. The molecule has 0 aromatic rings.